The van der Waals surface area contributed by atoms with Gasteiger partial charge in [-0.1, -0.05) is 34.6 Å². The molecule has 0 radical (unpaired) electrons. The van der Waals surface area contributed by atoms with Crippen LogP contribution in [-0.4, -0.2) is 65.2 Å². The van der Waals surface area contributed by atoms with E-state index < -0.39 is 48.0 Å². The van der Waals surface area contributed by atoms with Gasteiger partial charge in [-0.05, 0) is 45.3 Å². The van der Waals surface area contributed by atoms with Crippen molar-refractivity contribution >= 4 is 42.0 Å². The zero-order chi connectivity index (χ0) is 25.5. The van der Waals surface area contributed by atoms with Crippen LogP contribution in [0.15, 0.2) is 0 Å². The van der Waals surface area contributed by atoms with E-state index in [0.29, 0.717) is 0 Å². The molecule has 0 aliphatic rings. The Morgan fingerprint density at radius 3 is 1.94 bits per heavy atom. The molecule has 0 aromatic rings. The van der Waals surface area contributed by atoms with Crippen LogP contribution in [-0.2, 0) is 37.8 Å². The van der Waals surface area contributed by atoms with Crippen molar-refractivity contribution in [2.45, 2.75) is 98.3 Å². The van der Waals surface area contributed by atoms with Gasteiger partial charge in [0.05, 0.1) is 18.5 Å². The van der Waals surface area contributed by atoms with Crippen LogP contribution < -0.4 is 0 Å². The maximum atomic E-state index is 13.1. The van der Waals surface area contributed by atoms with Crippen LogP contribution in [0.4, 0.5) is 0 Å². The second-order valence-corrected chi connectivity index (χ2v) is 17.3. The van der Waals surface area contributed by atoms with Crippen LogP contribution in [0.25, 0.3) is 0 Å². The van der Waals surface area contributed by atoms with Crippen LogP contribution in [0.3, 0.4) is 0 Å². The molecule has 32 heavy (non-hydrogen) atoms. The lowest BCUT2D eigenvalue weighted by molar-refractivity contribution is -0.177. The molecule has 2 atom stereocenters. The van der Waals surface area contributed by atoms with Crippen molar-refractivity contribution in [3.05, 3.63) is 0 Å². The molecule has 0 aromatic heterocycles. The second-order valence-electron chi connectivity index (χ2n) is 10.4. The highest BCUT2D eigenvalue weighted by atomic mass is 35.5. The average Bonchev–Trinajstić information content (AvgIpc) is 2.61. The highest BCUT2D eigenvalue weighted by Gasteiger charge is 2.47. The van der Waals surface area contributed by atoms with E-state index >= 15 is 0 Å². The molecule has 190 valence electrons. The number of hydrogen-bond donors (Lipinski definition) is 0. The van der Waals surface area contributed by atoms with Gasteiger partial charge in [0, 0.05) is 11.3 Å². The van der Waals surface area contributed by atoms with E-state index in [9.17, 15) is 18.0 Å². The van der Waals surface area contributed by atoms with Crippen molar-refractivity contribution in [3.8, 4) is 0 Å². The molecule has 0 bridgehead atoms. The zero-order valence-corrected chi connectivity index (χ0v) is 23.7. The Kier molecular flexibility index (Phi) is 11.9. The number of carbonyl (C=O) groups excluding carboxylic acids is 2. The fourth-order valence-electron chi connectivity index (χ4n) is 2.22. The molecule has 0 saturated heterocycles. The largest absolute Gasteiger partial charge is 0.460 e. The van der Waals surface area contributed by atoms with Gasteiger partial charge in [0.1, 0.15) is 0 Å². The first-order valence-corrected chi connectivity index (χ1v) is 15.8. The van der Waals surface area contributed by atoms with E-state index in [0.717, 1.165) is 0 Å². The first-order chi connectivity index (χ1) is 14.3. The third-order valence-corrected chi connectivity index (χ3v) is 11.2. The van der Waals surface area contributed by atoms with Crippen LogP contribution >= 0.6 is 11.6 Å². The third-order valence-electron chi connectivity index (χ3n) is 5.26. The van der Waals surface area contributed by atoms with Crippen molar-refractivity contribution in [3.63, 3.8) is 0 Å². The maximum absolute atomic E-state index is 13.1. The Morgan fingerprint density at radius 2 is 1.50 bits per heavy atom. The minimum Gasteiger partial charge on any atom is -0.460 e. The van der Waals surface area contributed by atoms with Gasteiger partial charge >= 0.3 is 11.9 Å². The lowest BCUT2D eigenvalue weighted by atomic mass is 9.87. The Morgan fingerprint density at radius 1 is 0.969 bits per heavy atom. The van der Waals surface area contributed by atoms with Crippen molar-refractivity contribution in [1.82, 2.24) is 0 Å². The minimum absolute atomic E-state index is 0.194. The molecule has 11 heteroatoms. The summed E-state index contributed by atoms with van der Waals surface area (Å²) in [6.07, 6.45) is -2.39. The summed E-state index contributed by atoms with van der Waals surface area (Å²) >= 11 is 5.58. The van der Waals surface area contributed by atoms with Crippen molar-refractivity contribution in [2.75, 3.05) is 18.2 Å². The number of carbonyl (C=O) groups is 2. The number of rotatable bonds is 13. The van der Waals surface area contributed by atoms with Gasteiger partial charge in [0.15, 0.2) is 20.5 Å². The Balaban J connectivity index is 5.76. The highest BCUT2D eigenvalue weighted by Crippen LogP contribution is 2.40. The van der Waals surface area contributed by atoms with E-state index in [4.69, 9.17) is 29.7 Å². The van der Waals surface area contributed by atoms with E-state index in [2.05, 4.69) is 0 Å². The number of esters is 2. The predicted octanol–water partition coefficient (Wildman–Crippen LogP) is 4.26. The summed E-state index contributed by atoms with van der Waals surface area (Å²) in [5, 5.41) is -0.225. The summed E-state index contributed by atoms with van der Waals surface area (Å²) in [7, 11) is -6.29. The maximum Gasteiger partial charge on any atom is 0.347 e. The molecule has 0 N–H and O–H groups in total. The second kappa shape index (κ2) is 12.1. The Bertz CT molecular complexity index is 729. The summed E-state index contributed by atoms with van der Waals surface area (Å²) in [5.74, 6) is -1.46. The number of hydrogen-bond acceptors (Lipinski definition) is 8. The molecule has 0 aromatic carbocycles. The summed E-state index contributed by atoms with van der Waals surface area (Å²) in [6, 6.07) is 0. The molecule has 0 aliphatic carbocycles. The SMILES string of the molecule is CC(C)OC(=O)[C@H](C)OC(=O)[C@H](O[Si](C)(C)C(C)(C)C)C(C)(C)COS(=O)(=O)CCCCl. The Labute approximate surface area is 199 Å². The molecule has 0 spiro atoms. The van der Waals surface area contributed by atoms with Crippen LogP contribution in [0, 0.1) is 5.41 Å². The number of alkyl halides is 1. The van der Waals surface area contributed by atoms with E-state index in [-0.39, 0.29) is 35.8 Å². The number of ether oxygens (including phenoxy) is 2. The molecule has 0 heterocycles. The lowest BCUT2D eigenvalue weighted by Gasteiger charge is -2.43. The molecular weight excluding hydrogens is 476 g/mol. The summed E-state index contributed by atoms with van der Waals surface area (Å²) in [4.78, 5) is 25.3. The topological polar surface area (TPSA) is 105 Å². The Hall–Kier alpha value is -0.683. The molecule has 0 unspecified atom stereocenters. The van der Waals surface area contributed by atoms with Crippen molar-refractivity contribution in [1.29, 1.82) is 0 Å². The summed E-state index contributed by atoms with van der Waals surface area (Å²) in [6.45, 7) is 17.8. The molecule has 0 saturated carbocycles. The standard InChI is InChI=1S/C21H41ClO8SSi/c1-15(2)28-18(23)16(3)29-19(24)17(30-32(9,10)20(4,5)6)21(7,8)14-27-31(25,26)13-11-12-22/h15-17H,11-14H2,1-10H3/t16-,17-/m0/s1. The van der Waals surface area contributed by atoms with E-state index in [1.54, 1.807) is 27.7 Å². The number of halogens is 1. The molecule has 0 rings (SSSR count). The fraction of sp³-hybridized carbons (Fsp3) is 0.905. The molecular formula is C21H41ClO8SSi. The monoisotopic (exact) mass is 516 g/mol. The van der Waals surface area contributed by atoms with Gasteiger partial charge in [-0.2, -0.15) is 8.42 Å². The van der Waals surface area contributed by atoms with Gasteiger partial charge in [-0.15, -0.1) is 11.6 Å². The van der Waals surface area contributed by atoms with Gasteiger partial charge < -0.3 is 13.9 Å². The predicted molar refractivity (Wildman–Crippen MR) is 128 cm³/mol. The van der Waals surface area contributed by atoms with Crippen molar-refractivity contribution in [2.24, 2.45) is 5.41 Å². The highest BCUT2D eigenvalue weighted by molar-refractivity contribution is 7.86. The zero-order valence-electron chi connectivity index (χ0n) is 21.1. The van der Waals surface area contributed by atoms with Crippen molar-refractivity contribution < 1.29 is 36.1 Å². The van der Waals surface area contributed by atoms with Crippen LogP contribution in [0.2, 0.25) is 18.1 Å². The minimum atomic E-state index is -3.81. The van der Waals surface area contributed by atoms with Crippen LogP contribution in [0.5, 0.6) is 0 Å². The van der Waals surface area contributed by atoms with Crippen LogP contribution in [0.1, 0.15) is 61.8 Å². The first-order valence-electron chi connectivity index (χ1n) is 10.8. The molecule has 0 aliphatic heterocycles. The van der Waals surface area contributed by atoms with E-state index in [1.165, 1.54) is 6.92 Å². The van der Waals surface area contributed by atoms with Gasteiger partial charge in [-0.25, -0.2) is 9.59 Å². The molecule has 8 nitrogen and oxygen atoms in total. The van der Waals surface area contributed by atoms with Gasteiger partial charge in [-0.3, -0.25) is 4.18 Å². The fourth-order valence-corrected chi connectivity index (χ4v) is 4.97. The lowest BCUT2D eigenvalue weighted by Crippen LogP contribution is -2.53. The molecule has 0 fully saturated rings. The quantitative estimate of drug-likeness (QED) is 0.155. The third kappa shape index (κ3) is 10.5. The summed E-state index contributed by atoms with van der Waals surface area (Å²) < 4.78 is 46.3. The summed E-state index contributed by atoms with van der Waals surface area (Å²) in [5.41, 5.74) is -1.07. The van der Waals surface area contributed by atoms with Gasteiger partial charge in [0.2, 0.25) is 0 Å². The smallest absolute Gasteiger partial charge is 0.347 e. The van der Waals surface area contributed by atoms with Gasteiger partial charge in [0.25, 0.3) is 10.1 Å². The normalized spacial score (nSPS) is 15.4. The van der Waals surface area contributed by atoms with E-state index in [1.807, 2.05) is 33.9 Å². The molecule has 0 amide bonds. The average molecular weight is 517 g/mol. The first kappa shape index (κ1) is 31.3.